The number of aliphatic hydroxyl groups is 1. The standard InChI is InChI=1S/C20H26N4O3S2/c1-12-16(8-13(11-25)23-19(26)27-20(2,3)4)29-18-15(10-22-24-17(12)18)21-9-14-6-5-7-28-14/h5-7,10,13,25H,8-9,11H2,1-4H3,(H,21,24)(H,23,26)/t13-/m1/s1. The fourth-order valence-corrected chi connectivity index (χ4v) is 4.78. The van der Waals surface area contributed by atoms with E-state index >= 15 is 0 Å². The van der Waals surface area contributed by atoms with Gasteiger partial charge in [-0.25, -0.2) is 4.79 Å². The summed E-state index contributed by atoms with van der Waals surface area (Å²) in [6, 6.07) is 3.68. The van der Waals surface area contributed by atoms with Crippen LogP contribution in [0.25, 0.3) is 10.2 Å². The maximum atomic E-state index is 12.1. The van der Waals surface area contributed by atoms with E-state index in [4.69, 9.17) is 4.74 Å². The number of alkyl carbamates (subject to hydrolysis) is 1. The van der Waals surface area contributed by atoms with Crippen molar-refractivity contribution in [2.75, 3.05) is 11.9 Å². The predicted octanol–water partition coefficient (Wildman–Crippen LogP) is 4.10. The highest BCUT2D eigenvalue weighted by molar-refractivity contribution is 7.19. The lowest BCUT2D eigenvalue weighted by Crippen LogP contribution is -2.42. The highest BCUT2D eigenvalue weighted by atomic mass is 32.1. The van der Waals surface area contributed by atoms with E-state index in [0.717, 1.165) is 32.9 Å². The molecule has 3 rings (SSSR count). The van der Waals surface area contributed by atoms with E-state index in [9.17, 15) is 9.90 Å². The molecular formula is C20H26N4O3S2. The minimum absolute atomic E-state index is 0.178. The molecule has 0 aliphatic carbocycles. The summed E-state index contributed by atoms with van der Waals surface area (Å²) in [5.74, 6) is 0. The van der Waals surface area contributed by atoms with E-state index in [1.807, 2.05) is 13.0 Å². The molecule has 0 aliphatic heterocycles. The van der Waals surface area contributed by atoms with Crippen molar-refractivity contribution in [1.82, 2.24) is 15.5 Å². The van der Waals surface area contributed by atoms with Crippen LogP contribution in [0.5, 0.6) is 0 Å². The number of thiophene rings is 2. The van der Waals surface area contributed by atoms with E-state index in [1.54, 1.807) is 49.6 Å². The van der Waals surface area contributed by atoms with Crippen molar-refractivity contribution in [2.24, 2.45) is 0 Å². The molecule has 0 bridgehead atoms. The number of nitrogens with zero attached hydrogens (tertiary/aromatic N) is 2. The lowest BCUT2D eigenvalue weighted by molar-refractivity contribution is 0.0483. The maximum Gasteiger partial charge on any atom is 0.407 e. The second-order valence-electron chi connectivity index (χ2n) is 7.75. The summed E-state index contributed by atoms with van der Waals surface area (Å²) in [7, 11) is 0. The zero-order valence-electron chi connectivity index (χ0n) is 17.0. The van der Waals surface area contributed by atoms with Crippen LogP contribution < -0.4 is 10.6 Å². The topological polar surface area (TPSA) is 96.4 Å². The van der Waals surface area contributed by atoms with Gasteiger partial charge in [0.2, 0.25) is 0 Å². The van der Waals surface area contributed by atoms with Crippen LogP contribution in [0, 0.1) is 6.92 Å². The van der Waals surface area contributed by atoms with Crippen LogP contribution in [0.3, 0.4) is 0 Å². The Morgan fingerprint density at radius 1 is 1.38 bits per heavy atom. The number of carbonyl (C=O) groups excluding carboxylic acids is 1. The van der Waals surface area contributed by atoms with Gasteiger partial charge in [-0.05, 0) is 44.7 Å². The minimum Gasteiger partial charge on any atom is -0.444 e. The van der Waals surface area contributed by atoms with E-state index in [0.29, 0.717) is 6.42 Å². The number of aryl methyl sites for hydroxylation is 1. The highest BCUT2D eigenvalue weighted by Gasteiger charge is 2.22. The van der Waals surface area contributed by atoms with Gasteiger partial charge in [-0.3, -0.25) is 0 Å². The number of aromatic nitrogens is 2. The van der Waals surface area contributed by atoms with Crippen LogP contribution in [-0.4, -0.2) is 39.6 Å². The first-order valence-corrected chi connectivity index (χ1v) is 11.1. The molecule has 0 fully saturated rings. The molecule has 0 aromatic carbocycles. The van der Waals surface area contributed by atoms with Crippen molar-refractivity contribution in [1.29, 1.82) is 0 Å². The van der Waals surface area contributed by atoms with Crippen LogP contribution in [0.4, 0.5) is 10.5 Å². The maximum absolute atomic E-state index is 12.1. The van der Waals surface area contributed by atoms with E-state index in [2.05, 4.69) is 32.3 Å². The zero-order chi connectivity index (χ0) is 21.0. The molecule has 0 saturated heterocycles. The third-order valence-electron chi connectivity index (χ3n) is 4.21. The number of fused-ring (bicyclic) bond motifs is 1. The number of rotatable bonds is 7. The first-order valence-electron chi connectivity index (χ1n) is 9.37. The number of hydrogen-bond acceptors (Lipinski definition) is 8. The molecule has 1 amide bonds. The summed E-state index contributed by atoms with van der Waals surface area (Å²) in [5.41, 5.74) is 2.20. The van der Waals surface area contributed by atoms with Crippen molar-refractivity contribution >= 4 is 44.7 Å². The Hall–Kier alpha value is -2.23. The number of carbonyl (C=O) groups is 1. The lowest BCUT2D eigenvalue weighted by atomic mass is 10.1. The number of hydrogen-bond donors (Lipinski definition) is 3. The van der Waals surface area contributed by atoms with E-state index < -0.39 is 17.7 Å². The summed E-state index contributed by atoms with van der Waals surface area (Å²) in [4.78, 5) is 14.3. The molecule has 0 aliphatic rings. The Balaban J connectivity index is 1.76. The molecule has 9 heteroatoms. The molecule has 0 saturated carbocycles. The second kappa shape index (κ2) is 9.06. The predicted molar refractivity (Wildman–Crippen MR) is 118 cm³/mol. The number of amides is 1. The van der Waals surface area contributed by atoms with Gasteiger partial charge in [-0.15, -0.1) is 27.8 Å². The quantitative estimate of drug-likeness (QED) is 0.518. The van der Waals surface area contributed by atoms with Gasteiger partial charge in [0.05, 0.1) is 29.2 Å². The van der Waals surface area contributed by atoms with Gasteiger partial charge >= 0.3 is 6.09 Å². The van der Waals surface area contributed by atoms with Crippen LogP contribution in [-0.2, 0) is 17.7 Å². The number of aliphatic hydroxyl groups excluding tert-OH is 1. The first kappa shape index (κ1) is 21.5. The third kappa shape index (κ3) is 5.65. The molecule has 3 aromatic heterocycles. The van der Waals surface area contributed by atoms with Gasteiger partial charge in [0.25, 0.3) is 0 Å². The molecule has 3 heterocycles. The van der Waals surface area contributed by atoms with Crippen LogP contribution in [0.2, 0.25) is 0 Å². The molecule has 0 spiro atoms. The zero-order valence-corrected chi connectivity index (χ0v) is 18.6. The summed E-state index contributed by atoms with van der Waals surface area (Å²) in [6.07, 6.45) is 1.69. The molecule has 3 N–H and O–H groups in total. The molecule has 1 atom stereocenters. The Kier molecular flexibility index (Phi) is 6.71. The van der Waals surface area contributed by atoms with Crippen LogP contribution in [0.15, 0.2) is 23.7 Å². The Bertz CT molecular complexity index is 964. The third-order valence-corrected chi connectivity index (χ3v) is 6.42. The lowest BCUT2D eigenvalue weighted by Gasteiger charge is -2.22. The molecular weight excluding hydrogens is 408 g/mol. The normalized spacial score (nSPS) is 12.7. The molecule has 0 radical (unpaired) electrons. The average Bonchev–Trinajstić information content (AvgIpc) is 3.27. The molecule has 3 aromatic rings. The van der Waals surface area contributed by atoms with Gasteiger partial charge in [0.15, 0.2) is 0 Å². The van der Waals surface area contributed by atoms with Crippen LogP contribution >= 0.6 is 22.7 Å². The van der Waals surface area contributed by atoms with Crippen molar-refractivity contribution in [2.45, 2.75) is 52.3 Å². The molecule has 7 nitrogen and oxygen atoms in total. The Labute approximate surface area is 178 Å². The van der Waals surface area contributed by atoms with E-state index in [1.165, 1.54) is 4.88 Å². The van der Waals surface area contributed by atoms with Gasteiger partial charge < -0.3 is 20.5 Å². The number of anilines is 1. The summed E-state index contributed by atoms with van der Waals surface area (Å²) < 4.78 is 6.32. The Morgan fingerprint density at radius 2 is 2.17 bits per heavy atom. The smallest absolute Gasteiger partial charge is 0.407 e. The molecule has 29 heavy (non-hydrogen) atoms. The van der Waals surface area contributed by atoms with Crippen molar-refractivity contribution in [3.63, 3.8) is 0 Å². The minimum atomic E-state index is -0.587. The Morgan fingerprint density at radius 3 is 2.83 bits per heavy atom. The van der Waals surface area contributed by atoms with Crippen LogP contribution in [0.1, 0.15) is 36.1 Å². The van der Waals surface area contributed by atoms with Crippen molar-refractivity contribution in [3.05, 3.63) is 39.0 Å². The van der Waals surface area contributed by atoms with Gasteiger partial charge in [0.1, 0.15) is 11.1 Å². The molecule has 0 unspecified atom stereocenters. The summed E-state index contributed by atoms with van der Waals surface area (Å²) in [5, 5.41) is 26.4. The van der Waals surface area contributed by atoms with Gasteiger partial charge in [0, 0.05) is 22.7 Å². The van der Waals surface area contributed by atoms with Gasteiger partial charge in [-0.2, -0.15) is 5.10 Å². The summed E-state index contributed by atoms with van der Waals surface area (Å²) >= 11 is 3.31. The molecule has 156 valence electrons. The SMILES string of the molecule is Cc1c(C[C@H](CO)NC(=O)OC(C)(C)C)sc2c(NCc3cccs3)cnnc12. The fraction of sp³-hybridized carbons (Fsp3) is 0.450. The largest absolute Gasteiger partial charge is 0.444 e. The second-order valence-corrected chi connectivity index (χ2v) is 9.89. The highest BCUT2D eigenvalue weighted by Crippen LogP contribution is 2.35. The van der Waals surface area contributed by atoms with Crippen molar-refractivity contribution in [3.8, 4) is 0 Å². The van der Waals surface area contributed by atoms with Crippen molar-refractivity contribution < 1.29 is 14.6 Å². The fourth-order valence-electron chi connectivity index (χ4n) is 2.83. The monoisotopic (exact) mass is 434 g/mol. The first-order chi connectivity index (χ1) is 13.8. The summed E-state index contributed by atoms with van der Waals surface area (Å²) in [6.45, 7) is 7.96. The number of nitrogens with one attached hydrogen (secondary N) is 2. The number of ether oxygens (including phenoxy) is 1. The van der Waals surface area contributed by atoms with E-state index in [-0.39, 0.29) is 6.61 Å². The van der Waals surface area contributed by atoms with Gasteiger partial charge in [-0.1, -0.05) is 6.07 Å². The average molecular weight is 435 g/mol.